The molecule has 0 radical (unpaired) electrons. The van der Waals surface area contributed by atoms with Crippen molar-refractivity contribution in [3.63, 3.8) is 0 Å². The second-order valence-electron chi connectivity index (χ2n) is 5.23. The molecule has 0 saturated carbocycles. The number of nitrogens with two attached hydrogens (primary N) is 1. The summed E-state index contributed by atoms with van der Waals surface area (Å²) < 4.78 is 5.14. The summed E-state index contributed by atoms with van der Waals surface area (Å²) in [5.74, 6) is 7.33. The van der Waals surface area contributed by atoms with Crippen molar-refractivity contribution < 1.29 is 4.74 Å². The number of fused-ring (bicyclic) bond motifs is 1. The van der Waals surface area contributed by atoms with Gasteiger partial charge in [-0.2, -0.15) is 0 Å². The number of thiazole rings is 1. The Morgan fingerprint density at radius 2 is 2.05 bits per heavy atom. The molecule has 0 bridgehead atoms. The molecule has 1 aromatic heterocycles. The number of hydrogen-bond acceptors (Lipinski definition) is 5. The lowest BCUT2D eigenvalue weighted by Gasteiger charge is -2.15. The largest absolute Gasteiger partial charge is 0.497 e. The molecule has 0 unspecified atom stereocenters. The highest BCUT2D eigenvalue weighted by Crippen LogP contribution is 2.23. The Morgan fingerprint density at radius 1 is 1.27 bits per heavy atom. The molecule has 1 aliphatic heterocycles. The first kappa shape index (κ1) is 14.9. The van der Waals surface area contributed by atoms with E-state index in [1.807, 2.05) is 24.3 Å². The average Bonchev–Trinajstić information content (AvgIpc) is 2.80. The lowest BCUT2D eigenvalue weighted by molar-refractivity contribution is 0.323. The predicted octanol–water partition coefficient (Wildman–Crippen LogP) is 2.19. The van der Waals surface area contributed by atoms with E-state index in [4.69, 9.17) is 10.5 Å². The van der Waals surface area contributed by atoms with Crippen LogP contribution in [0.25, 0.3) is 0 Å². The first-order chi connectivity index (χ1) is 10.7. The summed E-state index contributed by atoms with van der Waals surface area (Å²) in [5, 5.41) is 0.692. The number of hydrogen-bond donors (Lipinski definition) is 1. The van der Waals surface area contributed by atoms with Crippen molar-refractivity contribution >= 4 is 16.5 Å². The van der Waals surface area contributed by atoms with Crippen LogP contribution in [-0.2, 0) is 12.8 Å². The van der Waals surface area contributed by atoms with E-state index in [2.05, 4.69) is 21.7 Å². The lowest BCUT2D eigenvalue weighted by Crippen LogP contribution is -2.26. The van der Waals surface area contributed by atoms with Gasteiger partial charge in [-0.3, -0.25) is 4.90 Å². The fourth-order valence-corrected chi connectivity index (χ4v) is 3.38. The summed E-state index contributed by atoms with van der Waals surface area (Å²) in [6.45, 7) is 2.80. The molecule has 0 atom stereocenters. The summed E-state index contributed by atoms with van der Waals surface area (Å²) >= 11 is 1.62. The van der Waals surface area contributed by atoms with Gasteiger partial charge in [0.25, 0.3) is 0 Å². The average molecular weight is 313 g/mol. The third-order valence-electron chi connectivity index (χ3n) is 3.74. The highest BCUT2D eigenvalue weighted by Gasteiger charge is 2.16. The van der Waals surface area contributed by atoms with Crippen molar-refractivity contribution in [2.24, 2.45) is 0 Å². The molecule has 0 fully saturated rings. The van der Waals surface area contributed by atoms with Crippen LogP contribution in [-0.4, -0.2) is 36.6 Å². The van der Waals surface area contributed by atoms with Gasteiger partial charge in [-0.05, 0) is 30.7 Å². The second kappa shape index (κ2) is 6.82. The molecule has 114 valence electrons. The minimum absolute atomic E-state index is 0.692. The molecule has 2 heterocycles. The number of anilines is 1. The van der Waals surface area contributed by atoms with E-state index in [1.165, 1.54) is 10.6 Å². The van der Waals surface area contributed by atoms with Gasteiger partial charge in [-0.15, -0.1) is 11.3 Å². The topological polar surface area (TPSA) is 51.4 Å². The molecule has 22 heavy (non-hydrogen) atoms. The Hall–Kier alpha value is -2.03. The van der Waals surface area contributed by atoms with Crippen LogP contribution in [0.2, 0.25) is 0 Å². The SMILES string of the molecule is COc1ccc(C#CCN2CCc3nc(N)sc3CC2)cc1. The number of rotatable bonds is 2. The van der Waals surface area contributed by atoms with Crippen LogP contribution in [0.15, 0.2) is 24.3 Å². The van der Waals surface area contributed by atoms with Crippen molar-refractivity contribution in [1.29, 1.82) is 0 Å². The summed E-state index contributed by atoms with van der Waals surface area (Å²) in [4.78, 5) is 8.12. The number of nitrogens with zero attached hydrogens (tertiary/aromatic N) is 2. The van der Waals surface area contributed by atoms with Gasteiger partial charge in [-0.1, -0.05) is 11.8 Å². The zero-order chi connectivity index (χ0) is 15.4. The van der Waals surface area contributed by atoms with Gasteiger partial charge >= 0.3 is 0 Å². The lowest BCUT2D eigenvalue weighted by atomic mass is 10.2. The van der Waals surface area contributed by atoms with Crippen LogP contribution in [0.5, 0.6) is 5.75 Å². The fourth-order valence-electron chi connectivity index (χ4n) is 2.52. The smallest absolute Gasteiger partial charge is 0.180 e. The van der Waals surface area contributed by atoms with E-state index in [0.717, 1.165) is 43.8 Å². The molecule has 0 spiro atoms. The van der Waals surface area contributed by atoms with Gasteiger partial charge in [0.1, 0.15) is 5.75 Å². The van der Waals surface area contributed by atoms with Crippen LogP contribution >= 0.6 is 11.3 Å². The van der Waals surface area contributed by atoms with Gasteiger partial charge in [0.05, 0.1) is 19.3 Å². The van der Waals surface area contributed by atoms with Gasteiger partial charge in [-0.25, -0.2) is 4.98 Å². The molecule has 4 nitrogen and oxygen atoms in total. The fraction of sp³-hybridized carbons (Fsp3) is 0.353. The maximum Gasteiger partial charge on any atom is 0.180 e. The number of nitrogen functional groups attached to an aromatic ring is 1. The molecule has 0 aliphatic carbocycles. The predicted molar refractivity (Wildman–Crippen MR) is 90.2 cm³/mol. The summed E-state index contributed by atoms with van der Waals surface area (Å²) in [5.41, 5.74) is 7.96. The monoisotopic (exact) mass is 313 g/mol. The van der Waals surface area contributed by atoms with Gasteiger partial charge in [0.2, 0.25) is 0 Å². The van der Waals surface area contributed by atoms with Gasteiger partial charge < -0.3 is 10.5 Å². The van der Waals surface area contributed by atoms with Crippen LogP contribution in [0.3, 0.4) is 0 Å². The highest BCUT2D eigenvalue weighted by molar-refractivity contribution is 7.15. The first-order valence-electron chi connectivity index (χ1n) is 7.34. The number of methoxy groups -OCH3 is 1. The third-order valence-corrected chi connectivity index (χ3v) is 4.73. The van der Waals surface area contributed by atoms with Crippen molar-refractivity contribution in [3.05, 3.63) is 40.4 Å². The normalized spacial score (nSPS) is 14.6. The Kier molecular flexibility index (Phi) is 4.62. The maximum atomic E-state index is 5.77. The minimum atomic E-state index is 0.692. The van der Waals surface area contributed by atoms with E-state index >= 15 is 0 Å². The van der Waals surface area contributed by atoms with Crippen molar-refractivity contribution in [3.8, 4) is 17.6 Å². The van der Waals surface area contributed by atoms with E-state index in [-0.39, 0.29) is 0 Å². The molecule has 3 rings (SSSR count). The quantitative estimate of drug-likeness (QED) is 0.864. The number of benzene rings is 1. The Labute approximate surface area is 134 Å². The van der Waals surface area contributed by atoms with Crippen LogP contribution < -0.4 is 10.5 Å². The van der Waals surface area contributed by atoms with Crippen molar-refractivity contribution in [2.45, 2.75) is 12.8 Å². The summed E-state index contributed by atoms with van der Waals surface area (Å²) in [6, 6.07) is 7.84. The van der Waals surface area contributed by atoms with E-state index < -0.39 is 0 Å². The standard InChI is InChI=1S/C17H19N3OS/c1-21-14-6-4-13(5-7-14)3-2-10-20-11-8-15-16(9-12-20)22-17(18)19-15/h4-7H,8-12H2,1H3,(H2,18,19). The summed E-state index contributed by atoms with van der Waals surface area (Å²) in [7, 11) is 1.67. The Balaban J connectivity index is 1.56. The molecule has 0 saturated heterocycles. The first-order valence-corrected chi connectivity index (χ1v) is 8.15. The minimum Gasteiger partial charge on any atom is -0.497 e. The molecule has 0 amide bonds. The van der Waals surface area contributed by atoms with Crippen LogP contribution in [0.1, 0.15) is 16.1 Å². The number of aromatic nitrogens is 1. The molecular formula is C17H19N3OS. The summed E-state index contributed by atoms with van der Waals surface area (Å²) in [6.07, 6.45) is 1.99. The van der Waals surface area contributed by atoms with E-state index in [0.29, 0.717) is 5.13 Å². The molecular weight excluding hydrogens is 294 g/mol. The zero-order valence-corrected chi connectivity index (χ0v) is 13.4. The third kappa shape index (κ3) is 3.59. The van der Waals surface area contributed by atoms with Gasteiger partial charge in [0.15, 0.2) is 5.13 Å². The maximum absolute atomic E-state index is 5.77. The highest BCUT2D eigenvalue weighted by atomic mass is 32.1. The van der Waals surface area contributed by atoms with Gasteiger partial charge in [0, 0.05) is 30.0 Å². The van der Waals surface area contributed by atoms with Crippen LogP contribution in [0, 0.1) is 11.8 Å². The molecule has 2 aromatic rings. The number of ether oxygens (including phenoxy) is 1. The Bertz CT molecular complexity index is 671. The molecule has 1 aliphatic rings. The van der Waals surface area contributed by atoms with Crippen molar-refractivity contribution in [2.75, 3.05) is 32.5 Å². The van der Waals surface area contributed by atoms with E-state index in [9.17, 15) is 0 Å². The molecule has 5 heteroatoms. The van der Waals surface area contributed by atoms with Crippen LogP contribution in [0.4, 0.5) is 5.13 Å². The van der Waals surface area contributed by atoms with Crippen molar-refractivity contribution in [1.82, 2.24) is 9.88 Å². The molecule has 2 N–H and O–H groups in total. The Morgan fingerprint density at radius 3 is 2.82 bits per heavy atom. The van der Waals surface area contributed by atoms with E-state index in [1.54, 1.807) is 18.4 Å². The zero-order valence-electron chi connectivity index (χ0n) is 12.6. The second-order valence-corrected chi connectivity index (χ2v) is 6.34. The molecule has 1 aromatic carbocycles.